The highest BCUT2D eigenvalue weighted by Gasteiger charge is 2.12. The number of carbonyl (C=O) groups is 1. The molecule has 0 aliphatic rings. The molecule has 2 aromatic rings. The van der Waals surface area contributed by atoms with Crippen LogP contribution in [0.25, 0.3) is 0 Å². The Hall–Kier alpha value is -0.880. The van der Waals surface area contributed by atoms with E-state index < -0.39 is 0 Å². The molecular formula is C13H9BrCl3N3O. The van der Waals surface area contributed by atoms with E-state index in [-0.39, 0.29) is 24.0 Å². The number of nitrogens with one attached hydrogen (secondary N) is 1. The molecule has 2 aromatic heterocycles. The van der Waals surface area contributed by atoms with Crippen LogP contribution in [0.5, 0.6) is 0 Å². The van der Waals surface area contributed by atoms with Gasteiger partial charge in [0.15, 0.2) is 0 Å². The molecule has 0 aliphatic carbocycles. The maximum absolute atomic E-state index is 11.9. The van der Waals surface area contributed by atoms with Crippen LogP contribution >= 0.6 is 50.7 Å². The first-order valence-corrected chi connectivity index (χ1v) is 7.75. The van der Waals surface area contributed by atoms with Crippen molar-refractivity contribution >= 4 is 56.6 Å². The summed E-state index contributed by atoms with van der Waals surface area (Å²) < 4.78 is 0.775. The van der Waals surface area contributed by atoms with Crippen LogP contribution in [0.4, 0.5) is 0 Å². The first kappa shape index (κ1) is 16.5. The van der Waals surface area contributed by atoms with Gasteiger partial charge in [0.1, 0.15) is 5.15 Å². The van der Waals surface area contributed by atoms with E-state index in [4.69, 9.17) is 34.8 Å². The van der Waals surface area contributed by atoms with Crippen LogP contribution in [0.15, 0.2) is 29.0 Å². The molecule has 0 aliphatic heterocycles. The molecule has 0 aromatic carbocycles. The topological polar surface area (TPSA) is 54.9 Å². The quantitative estimate of drug-likeness (QED) is 0.775. The Labute approximate surface area is 145 Å². The van der Waals surface area contributed by atoms with Gasteiger partial charge in [0.2, 0.25) is 5.91 Å². The highest BCUT2D eigenvalue weighted by molar-refractivity contribution is 9.10. The summed E-state index contributed by atoms with van der Waals surface area (Å²) in [6.45, 7) is 0.223. The summed E-state index contributed by atoms with van der Waals surface area (Å²) in [4.78, 5) is 20.0. The molecule has 2 rings (SSSR count). The van der Waals surface area contributed by atoms with Crippen molar-refractivity contribution in [2.75, 3.05) is 0 Å². The normalized spacial score (nSPS) is 10.5. The fraction of sp³-hybridized carbons (Fsp3) is 0.154. The smallest absolute Gasteiger partial charge is 0.224 e. The van der Waals surface area contributed by atoms with E-state index in [1.807, 2.05) is 0 Å². The number of hydrogen-bond donors (Lipinski definition) is 1. The Morgan fingerprint density at radius 2 is 2.00 bits per heavy atom. The number of nitrogens with zero attached hydrogens (tertiary/aromatic N) is 2. The van der Waals surface area contributed by atoms with Gasteiger partial charge in [-0.3, -0.25) is 9.78 Å². The lowest BCUT2D eigenvalue weighted by Crippen LogP contribution is -2.25. The number of aromatic nitrogens is 2. The molecule has 0 unspecified atom stereocenters. The lowest BCUT2D eigenvalue weighted by molar-refractivity contribution is -0.120. The van der Waals surface area contributed by atoms with Gasteiger partial charge in [0.25, 0.3) is 0 Å². The zero-order chi connectivity index (χ0) is 15.4. The van der Waals surface area contributed by atoms with Crippen molar-refractivity contribution in [3.8, 4) is 0 Å². The fourth-order valence-electron chi connectivity index (χ4n) is 1.58. The average Bonchev–Trinajstić information content (AvgIpc) is 2.42. The van der Waals surface area contributed by atoms with Crippen molar-refractivity contribution in [3.63, 3.8) is 0 Å². The van der Waals surface area contributed by atoms with Crippen LogP contribution in [0.2, 0.25) is 15.2 Å². The maximum atomic E-state index is 11.9. The molecule has 2 heterocycles. The molecule has 1 N–H and O–H groups in total. The van der Waals surface area contributed by atoms with Crippen LogP contribution in [0.1, 0.15) is 11.3 Å². The van der Waals surface area contributed by atoms with Crippen molar-refractivity contribution < 1.29 is 4.79 Å². The number of rotatable bonds is 4. The van der Waals surface area contributed by atoms with Gasteiger partial charge in [-0.25, -0.2) is 4.98 Å². The van der Waals surface area contributed by atoms with E-state index >= 15 is 0 Å². The van der Waals surface area contributed by atoms with E-state index in [0.717, 1.165) is 4.47 Å². The van der Waals surface area contributed by atoms with Crippen LogP contribution in [0, 0.1) is 0 Å². The molecule has 8 heteroatoms. The fourth-order valence-corrected chi connectivity index (χ4v) is 2.76. The van der Waals surface area contributed by atoms with Gasteiger partial charge in [-0.2, -0.15) is 0 Å². The molecule has 0 radical (unpaired) electrons. The highest BCUT2D eigenvalue weighted by Crippen LogP contribution is 2.22. The van der Waals surface area contributed by atoms with Crippen LogP contribution in [0.3, 0.4) is 0 Å². The van der Waals surface area contributed by atoms with Gasteiger partial charge in [-0.1, -0.05) is 34.8 Å². The zero-order valence-electron chi connectivity index (χ0n) is 10.5. The van der Waals surface area contributed by atoms with Gasteiger partial charge in [0, 0.05) is 27.5 Å². The Balaban J connectivity index is 1.99. The Kier molecular flexibility index (Phi) is 5.81. The van der Waals surface area contributed by atoms with E-state index in [2.05, 4.69) is 31.2 Å². The third-order valence-electron chi connectivity index (χ3n) is 2.62. The Morgan fingerprint density at radius 3 is 2.67 bits per heavy atom. The summed E-state index contributed by atoms with van der Waals surface area (Å²) in [5, 5.41) is 3.82. The number of halogens is 4. The average molecular weight is 409 g/mol. The predicted molar refractivity (Wildman–Crippen MR) is 86.8 cm³/mol. The number of pyridine rings is 2. The van der Waals surface area contributed by atoms with Crippen molar-refractivity contribution in [1.82, 2.24) is 15.3 Å². The van der Waals surface area contributed by atoms with E-state index in [1.54, 1.807) is 18.3 Å². The minimum Gasteiger partial charge on any atom is -0.350 e. The molecule has 21 heavy (non-hydrogen) atoms. The maximum Gasteiger partial charge on any atom is 0.224 e. The molecule has 110 valence electrons. The lowest BCUT2D eigenvalue weighted by Gasteiger charge is -2.08. The summed E-state index contributed by atoms with van der Waals surface area (Å²) >= 11 is 21.2. The first-order chi connectivity index (χ1) is 9.97. The molecule has 0 spiro atoms. The van der Waals surface area contributed by atoms with E-state index in [9.17, 15) is 4.79 Å². The third kappa shape index (κ3) is 4.54. The predicted octanol–water partition coefficient (Wildman–Crippen LogP) is 4.06. The molecule has 0 saturated carbocycles. The van der Waals surface area contributed by atoms with E-state index in [0.29, 0.717) is 21.3 Å². The largest absolute Gasteiger partial charge is 0.350 e. The van der Waals surface area contributed by atoms with E-state index in [1.165, 1.54) is 6.20 Å². The highest BCUT2D eigenvalue weighted by atomic mass is 79.9. The number of amides is 1. The van der Waals surface area contributed by atoms with Crippen molar-refractivity contribution in [2.45, 2.75) is 13.0 Å². The second-order valence-electron chi connectivity index (χ2n) is 4.10. The van der Waals surface area contributed by atoms with Crippen LogP contribution in [-0.4, -0.2) is 15.9 Å². The van der Waals surface area contributed by atoms with Gasteiger partial charge in [-0.15, -0.1) is 0 Å². The summed E-state index contributed by atoms with van der Waals surface area (Å²) in [5.74, 6) is -0.243. The zero-order valence-corrected chi connectivity index (χ0v) is 14.4. The summed E-state index contributed by atoms with van der Waals surface area (Å²) in [6, 6.07) is 3.30. The molecule has 4 nitrogen and oxygen atoms in total. The van der Waals surface area contributed by atoms with Crippen molar-refractivity contribution in [1.29, 1.82) is 0 Å². The first-order valence-electron chi connectivity index (χ1n) is 5.83. The summed E-state index contributed by atoms with van der Waals surface area (Å²) in [5.41, 5.74) is 1.07. The van der Waals surface area contributed by atoms with Gasteiger partial charge >= 0.3 is 0 Å². The second kappa shape index (κ2) is 7.40. The standard InChI is InChI=1S/C13H9BrCl3N3O/c14-7-3-10(16)11(19-5-7)6-20-12(21)4-8-9(15)1-2-18-13(8)17/h1-3,5H,4,6H2,(H,20,21). The second-order valence-corrected chi connectivity index (χ2v) is 6.19. The lowest BCUT2D eigenvalue weighted by atomic mass is 10.2. The number of carbonyl (C=O) groups excluding carboxylic acids is 1. The molecule has 0 fully saturated rings. The molecular weight excluding hydrogens is 400 g/mol. The molecule has 1 amide bonds. The van der Waals surface area contributed by atoms with Gasteiger partial charge in [0.05, 0.1) is 23.7 Å². The molecule has 0 bridgehead atoms. The Bertz CT molecular complexity index is 661. The Morgan fingerprint density at radius 1 is 1.24 bits per heavy atom. The SMILES string of the molecule is O=C(Cc1c(Cl)ccnc1Cl)NCc1ncc(Br)cc1Cl. The van der Waals surface area contributed by atoms with Crippen molar-refractivity contribution in [2.24, 2.45) is 0 Å². The minimum atomic E-state index is -0.243. The third-order valence-corrected chi connectivity index (χ3v) is 4.06. The molecule has 0 saturated heterocycles. The number of hydrogen-bond acceptors (Lipinski definition) is 3. The monoisotopic (exact) mass is 407 g/mol. The van der Waals surface area contributed by atoms with Gasteiger partial charge < -0.3 is 5.32 Å². The minimum absolute atomic E-state index is 0.0413. The summed E-state index contributed by atoms with van der Waals surface area (Å²) in [6.07, 6.45) is 3.14. The molecule has 0 atom stereocenters. The van der Waals surface area contributed by atoms with Crippen molar-refractivity contribution in [3.05, 3.63) is 55.5 Å². The summed E-state index contributed by atoms with van der Waals surface area (Å²) in [7, 11) is 0. The van der Waals surface area contributed by atoms with Crippen LogP contribution < -0.4 is 5.32 Å². The van der Waals surface area contributed by atoms with Crippen LogP contribution in [-0.2, 0) is 17.8 Å². The van der Waals surface area contributed by atoms with Gasteiger partial charge in [-0.05, 0) is 28.1 Å².